The van der Waals surface area contributed by atoms with E-state index < -0.39 is 49.4 Å². The molecule has 2 heterocycles. The summed E-state index contributed by atoms with van der Waals surface area (Å²) in [6.07, 6.45) is 0.793. The van der Waals surface area contributed by atoms with Crippen LogP contribution in [0.25, 0.3) is 11.2 Å². The van der Waals surface area contributed by atoms with E-state index in [9.17, 15) is 14.5 Å². The average molecular weight is 565 g/mol. The molecule has 0 spiro atoms. The molecule has 1 fully saturated rings. The van der Waals surface area contributed by atoms with E-state index in [0.717, 1.165) is 0 Å². The predicted molar refractivity (Wildman–Crippen MR) is 141 cm³/mol. The number of carbonyl (C=O) groups is 1. The van der Waals surface area contributed by atoms with Gasteiger partial charge in [-0.15, -0.1) is 0 Å². The molecule has 4 N–H and O–H groups in total. The van der Waals surface area contributed by atoms with Crippen LogP contribution in [0.15, 0.2) is 43.0 Å². The van der Waals surface area contributed by atoms with Crippen molar-refractivity contribution in [2.75, 3.05) is 12.3 Å². The fourth-order valence-electron chi connectivity index (χ4n) is 4.99. The molecule has 1 aliphatic carbocycles. The number of esters is 1. The van der Waals surface area contributed by atoms with Gasteiger partial charge in [0.25, 0.3) is 0 Å². The van der Waals surface area contributed by atoms with Gasteiger partial charge >= 0.3 is 13.7 Å². The Morgan fingerprint density at radius 1 is 1.26 bits per heavy atom. The van der Waals surface area contributed by atoms with E-state index in [-0.39, 0.29) is 24.3 Å². The molecule has 212 valence electrons. The summed E-state index contributed by atoms with van der Waals surface area (Å²) in [6.45, 7) is 7.55. The van der Waals surface area contributed by atoms with E-state index >= 15 is 4.39 Å². The van der Waals surface area contributed by atoms with E-state index in [4.69, 9.17) is 19.5 Å². The smallest absolute Gasteiger partial charge is 0.459 e. The van der Waals surface area contributed by atoms with Crippen molar-refractivity contribution in [1.82, 2.24) is 24.6 Å². The number of benzene rings is 1. The van der Waals surface area contributed by atoms with Crippen LogP contribution in [0, 0.1) is 11.8 Å². The number of para-hydroxylation sites is 1. The number of anilines is 1. The number of alkyl halides is 1. The van der Waals surface area contributed by atoms with Crippen LogP contribution in [0.2, 0.25) is 0 Å². The molecule has 4 rings (SSSR count). The number of nitrogens with one attached hydrogen (secondary N) is 1. The second kappa shape index (κ2) is 11.2. The number of ether oxygens (including phenoxy) is 1. The number of aliphatic hydroxyl groups excluding tert-OH is 1. The number of fused-ring (bicyclic) bond motifs is 1. The molecule has 2 aromatic heterocycles. The molecule has 14 heteroatoms. The number of aromatic nitrogens is 4. The van der Waals surface area contributed by atoms with Crippen LogP contribution in [0.3, 0.4) is 0 Å². The van der Waals surface area contributed by atoms with E-state index in [2.05, 4.69) is 20.0 Å². The summed E-state index contributed by atoms with van der Waals surface area (Å²) in [4.78, 5) is 24.8. The van der Waals surface area contributed by atoms with Crippen molar-refractivity contribution in [2.45, 2.75) is 64.6 Å². The first-order chi connectivity index (χ1) is 18.3. The highest BCUT2D eigenvalue weighted by Crippen LogP contribution is 2.53. The molecule has 12 nitrogen and oxygen atoms in total. The van der Waals surface area contributed by atoms with E-state index in [0.29, 0.717) is 11.2 Å². The molecule has 0 radical (unpaired) electrons. The van der Waals surface area contributed by atoms with Gasteiger partial charge in [0.1, 0.15) is 23.6 Å². The van der Waals surface area contributed by atoms with Gasteiger partial charge < -0.3 is 24.7 Å². The molecule has 1 aliphatic rings. The lowest BCUT2D eigenvalue weighted by Crippen LogP contribution is -2.39. The van der Waals surface area contributed by atoms with Crippen LogP contribution in [-0.4, -0.2) is 61.1 Å². The van der Waals surface area contributed by atoms with Crippen LogP contribution >= 0.6 is 7.75 Å². The average Bonchev–Trinajstić information content (AvgIpc) is 3.35. The molecule has 0 bridgehead atoms. The van der Waals surface area contributed by atoms with Crippen LogP contribution < -0.4 is 15.3 Å². The maximum absolute atomic E-state index is 16.2. The Labute approximate surface area is 225 Å². The molecule has 3 aromatic rings. The van der Waals surface area contributed by atoms with Crippen molar-refractivity contribution < 1.29 is 32.6 Å². The van der Waals surface area contributed by atoms with E-state index in [1.807, 2.05) is 0 Å². The minimum absolute atomic E-state index is 0.153. The van der Waals surface area contributed by atoms with Gasteiger partial charge in [-0.3, -0.25) is 9.32 Å². The van der Waals surface area contributed by atoms with Crippen LogP contribution in [0.5, 0.6) is 5.75 Å². The van der Waals surface area contributed by atoms with Crippen LogP contribution in [0.1, 0.15) is 40.7 Å². The molecule has 7 atom stereocenters. The zero-order valence-electron chi connectivity index (χ0n) is 22.4. The number of carbonyl (C=O) groups excluding carboxylic acids is 1. The highest BCUT2D eigenvalue weighted by molar-refractivity contribution is 7.52. The van der Waals surface area contributed by atoms with Crippen molar-refractivity contribution in [3.05, 3.63) is 43.0 Å². The first-order valence-corrected chi connectivity index (χ1v) is 14.2. The fourth-order valence-corrected chi connectivity index (χ4v) is 6.52. The zero-order valence-corrected chi connectivity index (χ0v) is 23.3. The number of halogens is 1. The summed E-state index contributed by atoms with van der Waals surface area (Å²) >= 11 is 0. The monoisotopic (exact) mass is 564 g/mol. The molecule has 0 saturated heterocycles. The Morgan fingerprint density at radius 2 is 1.95 bits per heavy atom. The fraction of sp³-hybridized carbons (Fsp3) is 0.520. The largest absolute Gasteiger partial charge is 0.462 e. The van der Waals surface area contributed by atoms with Gasteiger partial charge in [0.15, 0.2) is 17.1 Å². The topological polar surface area (TPSA) is 164 Å². The van der Waals surface area contributed by atoms with Crippen LogP contribution in [-0.2, 0) is 18.6 Å². The van der Waals surface area contributed by atoms with Gasteiger partial charge in [-0.25, -0.2) is 23.9 Å². The normalized spacial score (nSPS) is 27.4. The molecule has 39 heavy (non-hydrogen) atoms. The summed E-state index contributed by atoms with van der Waals surface area (Å²) < 4.78 is 48.2. The van der Waals surface area contributed by atoms with Crippen molar-refractivity contribution in [2.24, 2.45) is 11.8 Å². The Morgan fingerprint density at radius 3 is 2.62 bits per heavy atom. The minimum Gasteiger partial charge on any atom is -0.462 e. The van der Waals surface area contributed by atoms with Crippen molar-refractivity contribution >= 4 is 30.7 Å². The molecule has 1 aromatic carbocycles. The molecular formula is C25H34FN6O6P. The number of aliphatic hydroxyl groups is 1. The van der Waals surface area contributed by atoms with Crippen LogP contribution in [0.4, 0.5) is 10.2 Å². The Bertz CT molecular complexity index is 1360. The first kappa shape index (κ1) is 28.9. The second-order valence-electron chi connectivity index (χ2n) is 10.2. The third kappa shape index (κ3) is 5.91. The molecule has 0 amide bonds. The number of nitrogens with two attached hydrogens (primary N) is 1. The minimum atomic E-state index is -4.21. The Hall–Kier alpha value is -3.12. The predicted octanol–water partition coefficient (Wildman–Crippen LogP) is 3.44. The van der Waals surface area contributed by atoms with E-state index in [1.165, 1.54) is 31.1 Å². The van der Waals surface area contributed by atoms with Gasteiger partial charge in [0, 0.05) is 5.92 Å². The Kier molecular flexibility index (Phi) is 8.27. The summed E-state index contributed by atoms with van der Waals surface area (Å²) in [5.41, 5.74) is 4.41. The standard InChI is InChI=1S/C25H34FN6O6P/c1-14(2)37-24(34)16(4)31-39(35,38-17-9-7-6-8-10-17)36-11-18-15(3)20(25(5,26)21(18)33)32-13-30-19-22(27)28-12-29-23(19)32/h6-10,12-16,18,20-21,33H,11H2,1-5H3,(H,31,35)(H2,27,28,29)/t15?,16-,18?,20+,21+,25-,39?/m0/s1. The molecule has 0 aliphatic heterocycles. The molecule has 3 unspecified atom stereocenters. The van der Waals surface area contributed by atoms with Gasteiger partial charge in [-0.1, -0.05) is 25.1 Å². The maximum atomic E-state index is 16.2. The van der Waals surface area contributed by atoms with Crippen molar-refractivity contribution in [3.8, 4) is 5.75 Å². The third-order valence-corrected chi connectivity index (χ3v) is 8.53. The van der Waals surface area contributed by atoms with E-state index in [1.54, 1.807) is 51.1 Å². The quantitative estimate of drug-likeness (QED) is 0.244. The SMILES string of the molecule is CC(C)OC(=O)[C@H](C)NP(=O)(OCC1C(C)[C@@H](n2cnc3c(N)ncnc32)[C@](C)(F)[C@@H]1O)Oc1ccccc1. The van der Waals surface area contributed by atoms with Gasteiger partial charge in [-0.2, -0.15) is 5.09 Å². The first-order valence-electron chi connectivity index (χ1n) is 12.6. The van der Waals surface area contributed by atoms with Gasteiger partial charge in [0.2, 0.25) is 0 Å². The highest BCUT2D eigenvalue weighted by atomic mass is 31.2. The summed E-state index contributed by atoms with van der Waals surface area (Å²) in [6, 6.07) is 6.33. The number of hydrogen-bond acceptors (Lipinski definition) is 10. The zero-order chi connectivity index (χ0) is 28.5. The number of nitrogens with zero attached hydrogens (tertiary/aromatic N) is 4. The summed E-state index contributed by atoms with van der Waals surface area (Å²) in [5.74, 6) is -1.61. The molecular weight excluding hydrogens is 530 g/mol. The Balaban J connectivity index is 1.58. The summed E-state index contributed by atoms with van der Waals surface area (Å²) in [5, 5.41) is 13.7. The summed E-state index contributed by atoms with van der Waals surface area (Å²) in [7, 11) is -4.21. The maximum Gasteiger partial charge on any atom is 0.459 e. The number of rotatable bonds is 10. The van der Waals surface area contributed by atoms with Gasteiger partial charge in [-0.05, 0) is 45.7 Å². The molecule has 1 saturated carbocycles. The number of imidazole rings is 1. The highest BCUT2D eigenvalue weighted by Gasteiger charge is 2.58. The lowest BCUT2D eigenvalue weighted by Gasteiger charge is -2.28. The van der Waals surface area contributed by atoms with Gasteiger partial charge in [0.05, 0.1) is 31.2 Å². The lowest BCUT2D eigenvalue weighted by molar-refractivity contribution is -0.149. The van der Waals surface area contributed by atoms with Crippen molar-refractivity contribution in [3.63, 3.8) is 0 Å². The number of hydrogen-bond donors (Lipinski definition) is 3. The lowest BCUT2D eigenvalue weighted by atomic mass is 9.95. The van der Waals surface area contributed by atoms with Crippen molar-refractivity contribution in [1.29, 1.82) is 0 Å². The second-order valence-corrected chi connectivity index (χ2v) is 11.9. The number of nitrogen functional groups attached to an aromatic ring is 1. The third-order valence-electron chi connectivity index (χ3n) is 6.89.